The number of hydrogen-bond donors (Lipinski definition) is 2. The third kappa shape index (κ3) is 3.23. The van der Waals surface area contributed by atoms with Gasteiger partial charge in [-0.3, -0.25) is 9.78 Å². The van der Waals surface area contributed by atoms with Gasteiger partial charge in [0.15, 0.2) is 0 Å². The van der Waals surface area contributed by atoms with Crippen molar-refractivity contribution in [3.63, 3.8) is 0 Å². The smallest absolute Gasteiger partial charge is 0.251 e. The molecule has 3 atom stereocenters. The van der Waals surface area contributed by atoms with Gasteiger partial charge < -0.3 is 15.4 Å². The Bertz CT molecular complexity index is 750. The minimum Gasteiger partial charge on any atom is -0.456 e. The van der Waals surface area contributed by atoms with Crippen LogP contribution >= 0.6 is 11.6 Å². The van der Waals surface area contributed by atoms with Crippen molar-refractivity contribution in [2.75, 3.05) is 0 Å². The number of carbonyl (C=O) groups is 1. The summed E-state index contributed by atoms with van der Waals surface area (Å²) >= 11 is 5.89. The zero-order valence-corrected chi connectivity index (χ0v) is 13.8. The summed E-state index contributed by atoms with van der Waals surface area (Å²) in [7, 11) is 0. The molecule has 2 saturated heterocycles. The van der Waals surface area contributed by atoms with Crippen molar-refractivity contribution >= 4 is 17.5 Å². The average Bonchev–Trinajstić information content (AvgIpc) is 3.18. The molecule has 2 fully saturated rings. The first kappa shape index (κ1) is 15.4. The van der Waals surface area contributed by atoms with Gasteiger partial charge in [0.2, 0.25) is 0 Å². The monoisotopic (exact) mass is 343 g/mol. The van der Waals surface area contributed by atoms with Crippen molar-refractivity contribution in [1.29, 1.82) is 0 Å². The van der Waals surface area contributed by atoms with Gasteiger partial charge in [-0.05, 0) is 43.5 Å². The quantitative estimate of drug-likeness (QED) is 0.895. The predicted molar refractivity (Wildman–Crippen MR) is 91.6 cm³/mol. The number of pyridine rings is 1. The van der Waals surface area contributed by atoms with Crippen LogP contribution in [0.5, 0.6) is 11.5 Å². The van der Waals surface area contributed by atoms with Crippen LogP contribution in [0.1, 0.15) is 29.6 Å². The number of carbonyl (C=O) groups excluding carboxylic acids is 1. The number of benzene rings is 1. The lowest BCUT2D eigenvalue weighted by Crippen LogP contribution is -2.42. The highest BCUT2D eigenvalue weighted by Gasteiger charge is 2.39. The molecule has 2 N–H and O–H groups in total. The third-order valence-corrected chi connectivity index (χ3v) is 4.86. The molecule has 6 heteroatoms. The molecule has 2 aliphatic rings. The molecule has 0 spiro atoms. The van der Waals surface area contributed by atoms with Crippen LogP contribution in [-0.2, 0) is 0 Å². The highest BCUT2D eigenvalue weighted by Crippen LogP contribution is 2.28. The predicted octanol–water partition coefficient (Wildman–Crippen LogP) is 3.15. The van der Waals surface area contributed by atoms with Gasteiger partial charge in [-0.2, -0.15) is 0 Å². The largest absolute Gasteiger partial charge is 0.456 e. The molecule has 2 bridgehead atoms. The molecular formula is C18H18ClN3O2. The number of aromatic nitrogens is 1. The Hall–Kier alpha value is -2.11. The number of nitrogens with zero attached hydrogens (tertiary/aromatic N) is 1. The van der Waals surface area contributed by atoms with Crippen LogP contribution in [0.25, 0.3) is 0 Å². The zero-order chi connectivity index (χ0) is 16.5. The average molecular weight is 344 g/mol. The molecule has 3 heterocycles. The molecular weight excluding hydrogens is 326 g/mol. The van der Waals surface area contributed by atoms with Crippen LogP contribution in [0.15, 0.2) is 42.7 Å². The van der Waals surface area contributed by atoms with E-state index in [-0.39, 0.29) is 11.9 Å². The summed E-state index contributed by atoms with van der Waals surface area (Å²) in [5, 5.41) is 7.17. The van der Waals surface area contributed by atoms with E-state index in [1.165, 1.54) is 6.42 Å². The van der Waals surface area contributed by atoms with Gasteiger partial charge in [-0.1, -0.05) is 11.6 Å². The van der Waals surface area contributed by atoms with E-state index in [0.29, 0.717) is 34.2 Å². The molecule has 2 aliphatic heterocycles. The van der Waals surface area contributed by atoms with E-state index in [0.717, 1.165) is 12.8 Å². The Balaban J connectivity index is 1.39. The first-order valence-corrected chi connectivity index (χ1v) is 8.50. The van der Waals surface area contributed by atoms with Crippen LogP contribution < -0.4 is 15.4 Å². The SMILES string of the molecule is O=C(NC1CC2CCC1N2)c1ccc(Oc2cncc(Cl)c2)cc1. The van der Waals surface area contributed by atoms with Gasteiger partial charge >= 0.3 is 0 Å². The summed E-state index contributed by atoms with van der Waals surface area (Å²) in [5.41, 5.74) is 0.634. The van der Waals surface area contributed by atoms with E-state index in [1.807, 2.05) is 0 Å². The minimum absolute atomic E-state index is 0.0367. The van der Waals surface area contributed by atoms with Crippen molar-refractivity contribution < 1.29 is 9.53 Å². The van der Waals surface area contributed by atoms with E-state index >= 15 is 0 Å². The first-order valence-electron chi connectivity index (χ1n) is 8.13. The lowest BCUT2D eigenvalue weighted by molar-refractivity contribution is 0.0931. The maximum Gasteiger partial charge on any atom is 0.251 e. The molecule has 1 amide bonds. The lowest BCUT2D eigenvalue weighted by Gasteiger charge is -2.21. The van der Waals surface area contributed by atoms with E-state index in [2.05, 4.69) is 15.6 Å². The number of halogens is 1. The van der Waals surface area contributed by atoms with Crippen molar-refractivity contribution in [3.05, 3.63) is 53.3 Å². The molecule has 0 saturated carbocycles. The number of nitrogens with one attached hydrogen (secondary N) is 2. The summed E-state index contributed by atoms with van der Waals surface area (Å²) in [6.07, 6.45) is 6.54. The van der Waals surface area contributed by atoms with Gasteiger partial charge in [0.1, 0.15) is 11.5 Å². The molecule has 3 unspecified atom stereocenters. The van der Waals surface area contributed by atoms with Crippen molar-refractivity contribution in [2.45, 2.75) is 37.4 Å². The van der Waals surface area contributed by atoms with Crippen LogP contribution in [0.2, 0.25) is 5.02 Å². The Morgan fingerprint density at radius 1 is 1.21 bits per heavy atom. The Morgan fingerprint density at radius 2 is 2.04 bits per heavy atom. The second-order valence-electron chi connectivity index (χ2n) is 6.33. The second-order valence-corrected chi connectivity index (χ2v) is 6.76. The summed E-state index contributed by atoms with van der Waals surface area (Å²) in [6.45, 7) is 0. The van der Waals surface area contributed by atoms with Crippen LogP contribution in [0.3, 0.4) is 0 Å². The number of rotatable bonds is 4. The maximum absolute atomic E-state index is 12.4. The molecule has 4 rings (SSSR count). The van der Waals surface area contributed by atoms with Crippen molar-refractivity contribution in [1.82, 2.24) is 15.6 Å². The van der Waals surface area contributed by atoms with Gasteiger partial charge in [0, 0.05) is 36.0 Å². The normalized spacial score (nSPS) is 24.8. The Labute approximate surface area is 145 Å². The topological polar surface area (TPSA) is 63.2 Å². The molecule has 24 heavy (non-hydrogen) atoms. The van der Waals surface area contributed by atoms with Gasteiger partial charge in [-0.25, -0.2) is 0 Å². The standard InChI is InChI=1S/C18H18ClN3O2/c19-12-7-15(10-20-9-12)24-14-4-1-11(2-5-14)18(23)22-17-8-13-3-6-16(17)21-13/h1-2,4-5,7,9-10,13,16-17,21H,3,6,8H2,(H,22,23). The summed E-state index contributed by atoms with van der Waals surface area (Å²) < 4.78 is 5.68. The van der Waals surface area contributed by atoms with Gasteiger partial charge in [0.05, 0.1) is 11.2 Å². The fourth-order valence-electron chi connectivity index (χ4n) is 3.49. The molecule has 5 nitrogen and oxygen atoms in total. The van der Waals surface area contributed by atoms with E-state index in [9.17, 15) is 4.79 Å². The second kappa shape index (κ2) is 6.42. The van der Waals surface area contributed by atoms with Crippen LogP contribution in [-0.4, -0.2) is 29.0 Å². The van der Waals surface area contributed by atoms with E-state index < -0.39 is 0 Å². The Kier molecular flexibility index (Phi) is 4.12. The zero-order valence-electron chi connectivity index (χ0n) is 13.0. The molecule has 0 aliphatic carbocycles. The molecule has 1 aromatic heterocycles. The van der Waals surface area contributed by atoms with Gasteiger partial charge in [-0.15, -0.1) is 0 Å². The number of amides is 1. The highest BCUT2D eigenvalue weighted by molar-refractivity contribution is 6.30. The lowest BCUT2D eigenvalue weighted by atomic mass is 9.95. The summed E-state index contributed by atoms with van der Waals surface area (Å²) in [6, 6.07) is 10.0. The number of fused-ring (bicyclic) bond motifs is 2. The minimum atomic E-state index is -0.0367. The molecule has 124 valence electrons. The molecule has 1 aromatic carbocycles. The third-order valence-electron chi connectivity index (χ3n) is 4.65. The van der Waals surface area contributed by atoms with Crippen molar-refractivity contribution in [2.24, 2.45) is 0 Å². The maximum atomic E-state index is 12.4. The van der Waals surface area contributed by atoms with Gasteiger partial charge in [0.25, 0.3) is 5.91 Å². The van der Waals surface area contributed by atoms with E-state index in [1.54, 1.807) is 42.7 Å². The highest BCUT2D eigenvalue weighted by atomic mass is 35.5. The summed E-state index contributed by atoms with van der Waals surface area (Å²) in [4.78, 5) is 16.4. The number of hydrogen-bond acceptors (Lipinski definition) is 4. The molecule has 0 radical (unpaired) electrons. The fourth-order valence-corrected chi connectivity index (χ4v) is 3.66. The first-order chi connectivity index (χ1) is 11.7. The summed E-state index contributed by atoms with van der Waals surface area (Å²) in [5.74, 6) is 1.16. The Morgan fingerprint density at radius 3 is 2.71 bits per heavy atom. The van der Waals surface area contributed by atoms with E-state index in [4.69, 9.17) is 16.3 Å². The van der Waals surface area contributed by atoms with Crippen molar-refractivity contribution in [3.8, 4) is 11.5 Å². The fraction of sp³-hybridized carbons (Fsp3) is 0.333. The number of ether oxygens (including phenoxy) is 1. The van der Waals surface area contributed by atoms with Crippen LogP contribution in [0, 0.1) is 0 Å². The molecule has 2 aromatic rings. The van der Waals surface area contributed by atoms with Crippen LogP contribution in [0.4, 0.5) is 0 Å².